The third kappa shape index (κ3) is 5.17. The van der Waals surface area contributed by atoms with Crippen molar-refractivity contribution in [3.63, 3.8) is 0 Å². The molecule has 1 fully saturated rings. The second kappa shape index (κ2) is 11.3. The summed E-state index contributed by atoms with van der Waals surface area (Å²) in [5.41, 5.74) is 0.663. The first-order valence-corrected chi connectivity index (χ1v) is 9.96. The van der Waals surface area contributed by atoms with Gasteiger partial charge in [0.15, 0.2) is 0 Å². The Kier molecular flexibility index (Phi) is 8.83. The summed E-state index contributed by atoms with van der Waals surface area (Å²) in [4.78, 5) is 26.8. The van der Waals surface area contributed by atoms with Crippen molar-refractivity contribution in [1.82, 2.24) is 4.90 Å². The molecule has 1 aromatic carbocycles. The Balaban J connectivity index is 2.36. The Morgan fingerprint density at radius 2 is 1.73 bits per heavy atom. The number of unbranched alkanes of at least 4 members (excludes halogenated alkanes) is 2. The van der Waals surface area contributed by atoms with Gasteiger partial charge >= 0.3 is 12.1 Å². The zero-order valence-electron chi connectivity index (χ0n) is 18.1. The normalized spacial score (nSPS) is 17.9. The lowest BCUT2D eigenvalue weighted by molar-refractivity contribution is -0.145. The maximum absolute atomic E-state index is 13.0. The molecule has 0 aromatic heterocycles. The Hall–Kier alpha value is -2.90. The number of ether oxygens (including phenoxy) is 5. The summed E-state index contributed by atoms with van der Waals surface area (Å²) in [6.07, 6.45) is 4.69. The average molecular weight is 421 g/mol. The number of methoxy groups -OCH3 is 4. The second-order valence-corrected chi connectivity index (χ2v) is 6.88. The van der Waals surface area contributed by atoms with Gasteiger partial charge in [-0.15, -0.1) is 6.58 Å². The topological polar surface area (TPSA) is 83.5 Å². The van der Waals surface area contributed by atoms with Crippen LogP contribution in [0.4, 0.5) is 4.79 Å². The summed E-state index contributed by atoms with van der Waals surface area (Å²) >= 11 is 0. The number of allylic oxidation sites excluding steroid dienone is 1. The number of esters is 1. The van der Waals surface area contributed by atoms with Crippen LogP contribution in [0.1, 0.15) is 43.7 Å². The van der Waals surface area contributed by atoms with Crippen LogP contribution in [0, 0.1) is 0 Å². The molecule has 0 spiro atoms. The van der Waals surface area contributed by atoms with Crippen LogP contribution in [0.3, 0.4) is 0 Å². The summed E-state index contributed by atoms with van der Waals surface area (Å²) < 4.78 is 26.8. The highest BCUT2D eigenvalue weighted by atomic mass is 16.6. The number of amides is 1. The molecule has 8 heteroatoms. The number of hydrogen-bond acceptors (Lipinski definition) is 7. The molecule has 2 atom stereocenters. The van der Waals surface area contributed by atoms with Crippen molar-refractivity contribution < 1.29 is 33.3 Å². The van der Waals surface area contributed by atoms with Gasteiger partial charge in [-0.25, -0.2) is 9.59 Å². The molecule has 1 saturated heterocycles. The van der Waals surface area contributed by atoms with E-state index >= 15 is 0 Å². The minimum atomic E-state index is -0.739. The molecule has 30 heavy (non-hydrogen) atoms. The van der Waals surface area contributed by atoms with Gasteiger partial charge in [-0.05, 0) is 32.1 Å². The first-order valence-electron chi connectivity index (χ1n) is 9.96. The Bertz CT molecular complexity index is 724. The lowest BCUT2D eigenvalue weighted by Crippen LogP contribution is -2.43. The number of rotatable bonds is 10. The van der Waals surface area contributed by atoms with Crippen LogP contribution in [0.5, 0.6) is 17.2 Å². The third-order valence-electron chi connectivity index (χ3n) is 5.18. The Morgan fingerprint density at radius 1 is 1.07 bits per heavy atom. The summed E-state index contributed by atoms with van der Waals surface area (Å²) in [6, 6.07) is 2.24. The van der Waals surface area contributed by atoms with E-state index in [2.05, 4.69) is 6.58 Å². The summed E-state index contributed by atoms with van der Waals surface area (Å²) in [5.74, 6) is 1.09. The van der Waals surface area contributed by atoms with Crippen molar-refractivity contribution in [2.24, 2.45) is 0 Å². The van der Waals surface area contributed by atoms with Crippen LogP contribution < -0.4 is 14.2 Å². The zero-order valence-corrected chi connectivity index (χ0v) is 18.1. The average Bonchev–Trinajstić information content (AvgIpc) is 3.21. The van der Waals surface area contributed by atoms with Crippen molar-refractivity contribution in [2.75, 3.05) is 35.0 Å². The maximum atomic E-state index is 13.0. The van der Waals surface area contributed by atoms with Gasteiger partial charge in [-0.1, -0.05) is 6.08 Å². The van der Waals surface area contributed by atoms with E-state index in [4.69, 9.17) is 23.7 Å². The zero-order chi connectivity index (χ0) is 22.1. The van der Waals surface area contributed by atoms with Gasteiger partial charge in [0, 0.05) is 12.1 Å². The van der Waals surface area contributed by atoms with Gasteiger partial charge < -0.3 is 23.7 Å². The lowest BCUT2D eigenvalue weighted by Gasteiger charge is -2.30. The molecule has 0 radical (unpaired) electrons. The number of carbonyl (C=O) groups is 2. The highest BCUT2D eigenvalue weighted by Crippen LogP contribution is 2.46. The van der Waals surface area contributed by atoms with E-state index in [9.17, 15) is 9.59 Å². The second-order valence-electron chi connectivity index (χ2n) is 6.88. The molecule has 2 rings (SSSR count). The van der Waals surface area contributed by atoms with E-state index in [1.54, 1.807) is 19.2 Å². The summed E-state index contributed by atoms with van der Waals surface area (Å²) in [6.45, 7) is 3.95. The number of likely N-dealkylation sites (tertiary alicyclic amines) is 1. The largest absolute Gasteiger partial charge is 0.496 e. The fourth-order valence-electron chi connectivity index (χ4n) is 3.70. The van der Waals surface area contributed by atoms with E-state index in [0.717, 1.165) is 12.8 Å². The highest BCUT2D eigenvalue weighted by molar-refractivity contribution is 5.82. The summed E-state index contributed by atoms with van der Waals surface area (Å²) in [5, 5.41) is 0. The molecule has 1 unspecified atom stereocenters. The van der Waals surface area contributed by atoms with Crippen LogP contribution >= 0.6 is 0 Å². The standard InChI is InChI=1S/C22H31NO7/c1-6-7-8-9-12-30-22(25)23-16(10-11-17(23)21(24)29-5)20-18(27-3)13-15(26-2)14-19(20)28-4/h6,13-14,16-17H,1,7-12H2,2-5H3/t16?,17-/m0/s1. The lowest BCUT2D eigenvalue weighted by atomic mass is 10.0. The molecule has 1 heterocycles. The van der Waals surface area contributed by atoms with E-state index in [0.29, 0.717) is 42.1 Å². The highest BCUT2D eigenvalue weighted by Gasteiger charge is 2.45. The van der Waals surface area contributed by atoms with Crippen LogP contribution in [0.2, 0.25) is 0 Å². The molecular formula is C22H31NO7. The van der Waals surface area contributed by atoms with E-state index in [1.807, 2.05) is 6.08 Å². The van der Waals surface area contributed by atoms with Gasteiger partial charge in [0.05, 0.1) is 46.7 Å². The van der Waals surface area contributed by atoms with E-state index in [-0.39, 0.29) is 6.61 Å². The number of carbonyl (C=O) groups excluding carboxylic acids is 2. The van der Waals surface area contributed by atoms with Crippen molar-refractivity contribution in [3.05, 3.63) is 30.4 Å². The molecule has 0 N–H and O–H groups in total. The molecule has 8 nitrogen and oxygen atoms in total. The SMILES string of the molecule is C=CCCCCOC(=O)N1C(c2c(OC)cc(OC)cc2OC)CC[C@H]1C(=O)OC. The minimum Gasteiger partial charge on any atom is -0.496 e. The molecule has 1 aromatic rings. The van der Waals surface area contributed by atoms with Crippen LogP contribution in [-0.2, 0) is 14.3 Å². The summed E-state index contributed by atoms with van der Waals surface area (Å²) in [7, 11) is 5.93. The molecule has 1 amide bonds. The predicted octanol–water partition coefficient (Wildman–Crippen LogP) is 3.88. The molecular weight excluding hydrogens is 390 g/mol. The molecule has 0 bridgehead atoms. The fraction of sp³-hybridized carbons (Fsp3) is 0.545. The van der Waals surface area contributed by atoms with Crippen molar-refractivity contribution in [3.8, 4) is 17.2 Å². The van der Waals surface area contributed by atoms with Crippen molar-refractivity contribution in [1.29, 1.82) is 0 Å². The first-order chi connectivity index (χ1) is 14.5. The van der Waals surface area contributed by atoms with Gasteiger partial charge in [0.2, 0.25) is 0 Å². The molecule has 166 valence electrons. The molecule has 0 saturated carbocycles. The van der Waals surface area contributed by atoms with Crippen LogP contribution in [-0.4, -0.2) is 58.1 Å². The van der Waals surface area contributed by atoms with E-state index in [1.165, 1.54) is 26.2 Å². The minimum absolute atomic E-state index is 0.265. The van der Waals surface area contributed by atoms with Gasteiger partial charge in [0.25, 0.3) is 0 Å². The number of hydrogen-bond donors (Lipinski definition) is 0. The van der Waals surface area contributed by atoms with Crippen molar-refractivity contribution >= 4 is 12.1 Å². The van der Waals surface area contributed by atoms with Crippen LogP contribution in [0.15, 0.2) is 24.8 Å². The van der Waals surface area contributed by atoms with E-state index < -0.39 is 24.1 Å². The number of nitrogens with zero attached hydrogens (tertiary/aromatic N) is 1. The fourth-order valence-corrected chi connectivity index (χ4v) is 3.70. The smallest absolute Gasteiger partial charge is 0.411 e. The molecule has 1 aliphatic rings. The van der Waals surface area contributed by atoms with Gasteiger partial charge in [0.1, 0.15) is 23.3 Å². The predicted molar refractivity (Wildman–Crippen MR) is 111 cm³/mol. The van der Waals surface area contributed by atoms with Gasteiger partial charge in [-0.3, -0.25) is 4.90 Å². The molecule has 0 aliphatic carbocycles. The van der Waals surface area contributed by atoms with Gasteiger partial charge in [-0.2, -0.15) is 0 Å². The third-order valence-corrected chi connectivity index (χ3v) is 5.18. The quantitative estimate of drug-likeness (QED) is 0.322. The first kappa shape index (κ1) is 23.4. The monoisotopic (exact) mass is 421 g/mol. The number of benzene rings is 1. The van der Waals surface area contributed by atoms with Crippen LogP contribution in [0.25, 0.3) is 0 Å². The Morgan fingerprint density at radius 3 is 2.27 bits per heavy atom. The Labute approximate surface area is 177 Å². The molecule has 1 aliphatic heterocycles. The van der Waals surface area contributed by atoms with Crippen molar-refractivity contribution in [2.45, 2.75) is 44.2 Å². The maximum Gasteiger partial charge on any atom is 0.411 e.